The molecule has 0 aliphatic rings. The Morgan fingerprint density at radius 3 is 2.79 bits per heavy atom. The molecule has 78 valence electrons. The van der Waals surface area contributed by atoms with Crippen LogP contribution in [-0.4, -0.2) is 23.8 Å². The summed E-state index contributed by atoms with van der Waals surface area (Å²) in [5.41, 5.74) is 0.783. The third-order valence-electron chi connectivity index (χ3n) is 2.16. The van der Waals surface area contributed by atoms with Crippen molar-refractivity contribution in [1.29, 1.82) is 0 Å². The summed E-state index contributed by atoms with van der Waals surface area (Å²) in [4.78, 5) is 4.03. The highest BCUT2D eigenvalue weighted by atomic mass is 79.9. The van der Waals surface area contributed by atoms with Crippen LogP contribution in [0.25, 0.3) is 0 Å². The van der Waals surface area contributed by atoms with Crippen molar-refractivity contribution in [2.45, 2.75) is 19.4 Å². The summed E-state index contributed by atoms with van der Waals surface area (Å²) in [6.07, 6.45) is 3.38. The highest BCUT2D eigenvalue weighted by Gasteiger charge is 2.25. The number of methoxy groups -OCH3 is 1. The van der Waals surface area contributed by atoms with Gasteiger partial charge in [0.2, 0.25) is 0 Å². The second-order valence-electron chi connectivity index (χ2n) is 3.50. The van der Waals surface area contributed by atoms with Crippen LogP contribution in [0.15, 0.2) is 16.9 Å². The van der Waals surface area contributed by atoms with Gasteiger partial charge in [-0.05, 0) is 35.3 Å². The molecule has 0 bridgehead atoms. The van der Waals surface area contributed by atoms with Crippen LogP contribution in [0, 0.1) is 6.92 Å². The normalized spacial score (nSPS) is 15.2. The molecule has 1 aromatic rings. The zero-order valence-corrected chi connectivity index (χ0v) is 10.1. The van der Waals surface area contributed by atoms with E-state index in [9.17, 15) is 5.11 Å². The molecule has 0 saturated carbocycles. The van der Waals surface area contributed by atoms with Crippen LogP contribution in [0.3, 0.4) is 0 Å². The van der Waals surface area contributed by atoms with Crippen molar-refractivity contribution in [2.75, 3.05) is 13.7 Å². The van der Waals surface area contributed by atoms with Crippen LogP contribution < -0.4 is 0 Å². The third-order valence-corrected chi connectivity index (χ3v) is 2.96. The number of hydrogen-bond donors (Lipinski definition) is 1. The Bertz CT molecular complexity index is 326. The summed E-state index contributed by atoms with van der Waals surface area (Å²) < 4.78 is 5.86. The quantitative estimate of drug-likeness (QED) is 0.903. The fourth-order valence-electron chi connectivity index (χ4n) is 1.40. The molecule has 0 radical (unpaired) electrons. The van der Waals surface area contributed by atoms with E-state index in [2.05, 4.69) is 20.9 Å². The molecule has 0 aliphatic heterocycles. The lowest BCUT2D eigenvalue weighted by atomic mass is 9.95. The molecule has 14 heavy (non-hydrogen) atoms. The summed E-state index contributed by atoms with van der Waals surface area (Å²) in [6, 6.07) is 0. The summed E-state index contributed by atoms with van der Waals surface area (Å²) in [5.74, 6) is 0. The van der Waals surface area contributed by atoms with E-state index in [1.54, 1.807) is 26.4 Å². The predicted octanol–water partition coefficient (Wildman–Crippen LogP) is 2.01. The molecule has 0 aliphatic carbocycles. The van der Waals surface area contributed by atoms with E-state index in [1.165, 1.54) is 0 Å². The van der Waals surface area contributed by atoms with E-state index in [1.807, 2.05) is 6.92 Å². The highest BCUT2D eigenvalue weighted by molar-refractivity contribution is 9.10. The molecule has 1 heterocycles. The fraction of sp³-hybridized carbons (Fsp3) is 0.500. The molecule has 1 unspecified atom stereocenters. The van der Waals surface area contributed by atoms with Gasteiger partial charge in [0.1, 0.15) is 5.60 Å². The van der Waals surface area contributed by atoms with Gasteiger partial charge in [-0.2, -0.15) is 0 Å². The Kier molecular flexibility index (Phi) is 3.64. The zero-order valence-electron chi connectivity index (χ0n) is 8.54. The van der Waals surface area contributed by atoms with Crippen LogP contribution in [0.2, 0.25) is 0 Å². The van der Waals surface area contributed by atoms with E-state index < -0.39 is 5.60 Å². The van der Waals surface area contributed by atoms with Crippen LogP contribution in [0.4, 0.5) is 0 Å². The van der Waals surface area contributed by atoms with Gasteiger partial charge in [0.15, 0.2) is 0 Å². The molecule has 3 nitrogen and oxygen atoms in total. The lowest BCUT2D eigenvalue weighted by Gasteiger charge is -2.24. The first-order valence-corrected chi connectivity index (χ1v) is 5.10. The summed E-state index contributed by atoms with van der Waals surface area (Å²) in [5, 5.41) is 10.1. The number of ether oxygens (including phenoxy) is 1. The van der Waals surface area contributed by atoms with Gasteiger partial charge in [0.25, 0.3) is 0 Å². The topological polar surface area (TPSA) is 42.4 Å². The number of hydrogen-bond acceptors (Lipinski definition) is 3. The molecule has 0 fully saturated rings. The SMILES string of the molecule is COCC(C)(O)c1cncc(Br)c1C. The number of aliphatic hydroxyl groups is 1. The number of pyridine rings is 1. The van der Waals surface area contributed by atoms with Crippen LogP contribution in [0.5, 0.6) is 0 Å². The molecule has 1 atom stereocenters. The third kappa shape index (κ3) is 2.32. The van der Waals surface area contributed by atoms with Crippen LogP contribution in [0.1, 0.15) is 18.1 Å². The minimum absolute atomic E-state index is 0.256. The van der Waals surface area contributed by atoms with Gasteiger partial charge in [-0.25, -0.2) is 0 Å². The lowest BCUT2D eigenvalue weighted by molar-refractivity contribution is -0.0215. The van der Waals surface area contributed by atoms with E-state index >= 15 is 0 Å². The predicted molar refractivity (Wildman–Crippen MR) is 58.1 cm³/mol. The van der Waals surface area contributed by atoms with Gasteiger partial charge in [-0.15, -0.1) is 0 Å². The maximum atomic E-state index is 10.1. The van der Waals surface area contributed by atoms with Gasteiger partial charge in [-0.1, -0.05) is 0 Å². The Balaban J connectivity index is 3.12. The van der Waals surface area contributed by atoms with Gasteiger partial charge in [0.05, 0.1) is 6.61 Å². The van der Waals surface area contributed by atoms with Crippen LogP contribution >= 0.6 is 15.9 Å². The zero-order chi connectivity index (χ0) is 10.8. The van der Waals surface area contributed by atoms with Gasteiger partial charge < -0.3 is 9.84 Å². The summed E-state index contributed by atoms with van der Waals surface area (Å²) in [7, 11) is 1.56. The van der Waals surface area contributed by atoms with Crippen molar-refractivity contribution >= 4 is 15.9 Å². The Labute approximate surface area is 92.3 Å². The Hall–Kier alpha value is -0.450. The number of aromatic nitrogens is 1. The average Bonchev–Trinajstić information content (AvgIpc) is 2.09. The number of nitrogens with zero attached hydrogens (tertiary/aromatic N) is 1. The molecular formula is C10H14BrNO2. The molecule has 4 heteroatoms. The second kappa shape index (κ2) is 4.38. The maximum Gasteiger partial charge on any atom is 0.112 e. The van der Waals surface area contributed by atoms with Crippen LogP contribution in [-0.2, 0) is 10.3 Å². The Morgan fingerprint density at radius 1 is 1.57 bits per heavy atom. The van der Waals surface area contributed by atoms with E-state index in [4.69, 9.17) is 4.74 Å². The number of rotatable bonds is 3. The van der Waals surface area contributed by atoms with Gasteiger partial charge >= 0.3 is 0 Å². The monoisotopic (exact) mass is 259 g/mol. The first-order valence-electron chi connectivity index (χ1n) is 4.31. The first kappa shape index (κ1) is 11.6. The largest absolute Gasteiger partial charge is 0.383 e. The van der Waals surface area contributed by atoms with Crippen molar-refractivity contribution in [3.05, 3.63) is 28.0 Å². The molecule has 0 saturated heterocycles. The average molecular weight is 260 g/mol. The summed E-state index contributed by atoms with van der Waals surface area (Å²) in [6.45, 7) is 3.91. The minimum Gasteiger partial charge on any atom is -0.383 e. The smallest absolute Gasteiger partial charge is 0.112 e. The molecule has 1 N–H and O–H groups in total. The standard InChI is InChI=1S/C10H14BrNO2/c1-7-8(4-12-5-9(7)11)10(2,13)6-14-3/h4-5,13H,6H2,1-3H3. The molecule has 0 spiro atoms. The molecule has 0 amide bonds. The molecule has 1 aromatic heterocycles. The minimum atomic E-state index is -0.990. The van der Waals surface area contributed by atoms with Crippen molar-refractivity contribution in [3.63, 3.8) is 0 Å². The van der Waals surface area contributed by atoms with Crippen molar-refractivity contribution < 1.29 is 9.84 Å². The summed E-state index contributed by atoms with van der Waals surface area (Å²) >= 11 is 3.38. The van der Waals surface area contributed by atoms with E-state index in [0.717, 1.165) is 15.6 Å². The second-order valence-corrected chi connectivity index (χ2v) is 4.36. The highest BCUT2D eigenvalue weighted by Crippen LogP contribution is 2.27. The molecule has 1 rings (SSSR count). The van der Waals surface area contributed by atoms with Gasteiger partial charge in [-0.3, -0.25) is 4.98 Å². The number of halogens is 1. The van der Waals surface area contributed by atoms with E-state index in [-0.39, 0.29) is 6.61 Å². The maximum absolute atomic E-state index is 10.1. The molecule has 0 aromatic carbocycles. The van der Waals surface area contributed by atoms with Crippen molar-refractivity contribution in [3.8, 4) is 0 Å². The Morgan fingerprint density at radius 2 is 2.21 bits per heavy atom. The van der Waals surface area contributed by atoms with Crippen molar-refractivity contribution in [2.24, 2.45) is 0 Å². The lowest BCUT2D eigenvalue weighted by Crippen LogP contribution is -2.28. The molecular weight excluding hydrogens is 246 g/mol. The first-order chi connectivity index (χ1) is 6.49. The fourth-order valence-corrected chi connectivity index (χ4v) is 1.73. The van der Waals surface area contributed by atoms with Gasteiger partial charge in [0, 0.05) is 29.5 Å². The van der Waals surface area contributed by atoms with Crippen molar-refractivity contribution in [1.82, 2.24) is 4.98 Å². The van der Waals surface area contributed by atoms with E-state index in [0.29, 0.717) is 0 Å².